The van der Waals surface area contributed by atoms with E-state index in [1.807, 2.05) is 0 Å². The van der Waals surface area contributed by atoms with Crippen LogP contribution in [0.5, 0.6) is 0 Å². The van der Waals surface area contributed by atoms with Crippen LogP contribution >= 0.6 is 11.6 Å². The van der Waals surface area contributed by atoms with Gasteiger partial charge in [0.1, 0.15) is 5.69 Å². The first-order chi connectivity index (χ1) is 8.61. The normalized spacial score (nSPS) is 18.8. The number of aromatic nitrogens is 1. The van der Waals surface area contributed by atoms with Crippen molar-refractivity contribution in [2.24, 2.45) is 5.92 Å². The Morgan fingerprint density at radius 1 is 1.50 bits per heavy atom. The molecule has 0 bridgehead atoms. The molecule has 0 aromatic carbocycles. The fourth-order valence-corrected chi connectivity index (χ4v) is 2.08. The molecule has 0 spiro atoms. The van der Waals surface area contributed by atoms with Crippen molar-refractivity contribution >= 4 is 23.5 Å². The number of hydrogen-bond donors (Lipinski definition) is 0. The molecule has 0 radical (unpaired) electrons. The maximum absolute atomic E-state index is 12.1. The molecule has 18 heavy (non-hydrogen) atoms. The van der Waals surface area contributed by atoms with E-state index in [4.69, 9.17) is 11.6 Å². The molecule has 1 aliphatic heterocycles. The summed E-state index contributed by atoms with van der Waals surface area (Å²) in [4.78, 5) is 29.0. The van der Waals surface area contributed by atoms with Crippen LogP contribution in [-0.4, -0.2) is 42.0 Å². The van der Waals surface area contributed by atoms with Crippen LogP contribution in [-0.2, 0) is 9.53 Å². The third-order valence-corrected chi connectivity index (χ3v) is 3.18. The van der Waals surface area contributed by atoms with Crippen molar-refractivity contribution in [3.05, 3.63) is 29.0 Å². The lowest BCUT2D eigenvalue weighted by atomic mass is 10.1. The first-order valence-corrected chi connectivity index (χ1v) is 5.98. The van der Waals surface area contributed by atoms with Gasteiger partial charge in [0, 0.05) is 19.3 Å². The number of carbonyl (C=O) groups is 2. The fraction of sp³-hybridized carbons (Fsp3) is 0.417. The summed E-state index contributed by atoms with van der Waals surface area (Å²) in [6.45, 7) is 0.929. The molecule has 1 amide bonds. The first-order valence-electron chi connectivity index (χ1n) is 5.60. The first kappa shape index (κ1) is 12.8. The van der Waals surface area contributed by atoms with Gasteiger partial charge in [0.15, 0.2) is 0 Å². The van der Waals surface area contributed by atoms with E-state index in [1.165, 1.54) is 13.3 Å². The van der Waals surface area contributed by atoms with Gasteiger partial charge in [0.25, 0.3) is 5.91 Å². The van der Waals surface area contributed by atoms with Gasteiger partial charge in [-0.2, -0.15) is 0 Å². The van der Waals surface area contributed by atoms with Crippen molar-refractivity contribution in [1.82, 2.24) is 9.88 Å². The molecule has 1 atom stereocenters. The van der Waals surface area contributed by atoms with Crippen LogP contribution in [0.15, 0.2) is 18.3 Å². The van der Waals surface area contributed by atoms with Gasteiger partial charge in [0.05, 0.1) is 18.1 Å². The summed E-state index contributed by atoms with van der Waals surface area (Å²) in [6, 6.07) is 3.20. The molecule has 2 rings (SSSR count). The highest BCUT2D eigenvalue weighted by atomic mass is 35.5. The summed E-state index contributed by atoms with van der Waals surface area (Å²) in [5.74, 6) is -0.682. The Morgan fingerprint density at radius 3 is 2.89 bits per heavy atom. The van der Waals surface area contributed by atoms with Crippen LogP contribution in [0.3, 0.4) is 0 Å². The average Bonchev–Trinajstić information content (AvgIpc) is 2.87. The Morgan fingerprint density at radius 2 is 2.28 bits per heavy atom. The molecule has 96 valence electrons. The number of nitrogens with zero attached hydrogens (tertiary/aromatic N) is 2. The monoisotopic (exact) mass is 268 g/mol. The Labute approximate surface area is 110 Å². The zero-order valence-electron chi connectivity index (χ0n) is 9.93. The molecule has 6 heteroatoms. The minimum atomic E-state index is -0.269. The zero-order valence-corrected chi connectivity index (χ0v) is 10.7. The van der Waals surface area contributed by atoms with E-state index in [0.717, 1.165) is 0 Å². The zero-order chi connectivity index (χ0) is 13.1. The third kappa shape index (κ3) is 2.61. The Bertz CT molecular complexity index is 461. The third-order valence-electron chi connectivity index (χ3n) is 2.96. The number of amides is 1. The number of rotatable bonds is 2. The molecule has 0 saturated carbocycles. The predicted molar refractivity (Wildman–Crippen MR) is 65.3 cm³/mol. The molecule has 5 nitrogen and oxygen atoms in total. The molecule has 0 aliphatic carbocycles. The molecule has 1 unspecified atom stereocenters. The van der Waals surface area contributed by atoms with Crippen LogP contribution in [0.1, 0.15) is 16.9 Å². The number of methoxy groups -OCH3 is 1. The molecule has 1 aliphatic rings. The summed E-state index contributed by atoms with van der Waals surface area (Å²) < 4.78 is 4.67. The van der Waals surface area contributed by atoms with E-state index in [9.17, 15) is 9.59 Å². The number of halogens is 1. The highest BCUT2D eigenvalue weighted by molar-refractivity contribution is 6.30. The second-order valence-corrected chi connectivity index (χ2v) is 4.56. The van der Waals surface area contributed by atoms with Gasteiger partial charge in [-0.15, -0.1) is 0 Å². The summed E-state index contributed by atoms with van der Waals surface area (Å²) >= 11 is 5.71. The van der Waals surface area contributed by atoms with Crippen molar-refractivity contribution < 1.29 is 14.3 Å². The molecule has 1 saturated heterocycles. The standard InChI is InChI=1S/C12H13ClN2O3/c1-18-12(17)8-4-5-15(7-8)11(16)10-3-2-9(13)6-14-10/h2-3,6,8H,4-5,7H2,1H3. The largest absolute Gasteiger partial charge is 0.469 e. The van der Waals surface area contributed by atoms with Crippen LogP contribution in [0.2, 0.25) is 5.02 Å². The van der Waals surface area contributed by atoms with E-state index in [-0.39, 0.29) is 17.8 Å². The van der Waals surface area contributed by atoms with E-state index in [2.05, 4.69) is 9.72 Å². The van der Waals surface area contributed by atoms with Crippen molar-refractivity contribution in [2.75, 3.05) is 20.2 Å². The SMILES string of the molecule is COC(=O)C1CCN(C(=O)c2ccc(Cl)cn2)C1. The van der Waals surface area contributed by atoms with Crippen LogP contribution in [0.25, 0.3) is 0 Å². The smallest absolute Gasteiger partial charge is 0.310 e. The van der Waals surface area contributed by atoms with Gasteiger partial charge >= 0.3 is 5.97 Å². The lowest BCUT2D eigenvalue weighted by Gasteiger charge is -2.15. The fourth-order valence-electron chi connectivity index (χ4n) is 1.97. The minimum absolute atomic E-state index is 0.182. The quantitative estimate of drug-likeness (QED) is 0.760. The minimum Gasteiger partial charge on any atom is -0.469 e. The Hall–Kier alpha value is -1.62. The number of carbonyl (C=O) groups excluding carboxylic acids is 2. The van der Waals surface area contributed by atoms with Crippen molar-refractivity contribution in [1.29, 1.82) is 0 Å². The van der Waals surface area contributed by atoms with Crippen molar-refractivity contribution in [3.8, 4) is 0 Å². The molecule has 0 N–H and O–H groups in total. The van der Waals surface area contributed by atoms with E-state index in [1.54, 1.807) is 17.0 Å². The van der Waals surface area contributed by atoms with Crippen molar-refractivity contribution in [2.45, 2.75) is 6.42 Å². The maximum atomic E-state index is 12.1. The summed E-state index contributed by atoms with van der Waals surface area (Å²) in [6.07, 6.45) is 2.06. The van der Waals surface area contributed by atoms with E-state index < -0.39 is 0 Å². The Balaban J connectivity index is 2.03. The molecule has 1 fully saturated rings. The number of hydrogen-bond acceptors (Lipinski definition) is 4. The second-order valence-electron chi connectivity index (χ2n) is 4.12. The lowest BCUT2D eigenvalue weighted by Crippen LogP contribution is -2.30. The molecular formula is C12H13ClN2O3. The molecule has 2 heterocycles. The maximum Gasteiger partial charge on any atom is 0.310 e. The predicted octanol–water partition coefficient (Wildman–Crippen LogP) is 1.37. The highest BCUT2D eigenvalue weighted by Gasteiger charge is 2.32. The summed E-state index contributed by atoms with van der Waals surface area (Å²) in [5, 5.41) is 0.486. The topological polar surface area (TPSA) is 59.5 Å². The number of esters is 1. The number of pyridine rings is 1. The van der Waals surface area contributed by atoms with Crippen LogP contribution in [0, 0.1) is 5.92 Å². The van der Waals surface area contributed by atoms with Gasteiger partial charge in [-0.1, -0.05) is 11.6 Å². The van der Waals surface area contributed by atoms with Crippen molar-refractivity contribution in [3.63, 3.8) is 0 Å². The van der Waals surface area contributed by atoms with Gasteiger partial charge in [-0.05, 0) is 18.6 Å². The van der Waals surface area contributed by atoms with Crippen LogP contribution in [0.4, 0.5) is 0 Å². The summed E-state index contributed by atoms with van der Waals surface area (Å²) in [7, 11) is 1.35. The van der Waals surface area contributed by atoms with Gasteiger partial charge in [-0.25, -0.2) is 4.98 Å². The summed E-state index contributed by atoms with van der Waals surface area (Å²) in [5.41, 5.74) is 0.338. The van der Waals surface area contributed by atoms with E-state index in [0.29, 0.717) is 30.2 Å². The average molecular weight is 269 g/mol. The van der Waals surface area contributed by atoms with E-state index >= 15 is 0 Å². The lowest BCUT2D eigenvalue weighted by molar-refractivity contribution is -0.144. The number of ether oxygens (including phenoxy) is 1. The molecule has 1 aromatic heterocycles. The highest BCUT2D eigenvalue weighted by Crippen LogP contribution is 2.19. The van der Waals surface area contributed by atoms with Gasteiger partial charge in [0.2, 0.25) is 0 Å². The number of likely N-dealkylation sites (tertiary alicyclic amines) is 1. The molecular weight excluding hydrogens is 256 g/mol. The van der Waals surface area contributed by atoms with Gasteiger partial charge < -0.3 is 9.64 Å². The second kappa shape index (κ2) is 5.35. The Kier molecular flexibility index (Phi) is 3.81. The molecule has 1 aromatic rings. The van der Waals surface area contributed by atoms with Gasteiger partial charge in [-0.3, -0.25) is 9.59 Å². The van der Waals surface area contributed by atoms with Crippen LogP contribution < -0.4 is 0 Å².